The Bertz CT molecular complexity index is 303. The summed E-state index contributed by atoms with van der Waals surface area (Å²) in [5.74, 6) is 0.354. The standard InChI is InChI=1S/C13H21NO/c1-4-8-14(9-5-2)13-10-12(15)7-6-11(13)3/h6-7,10,15H,4-5,8-9H2,1-3H3. The number of hydrogen-bond donors (Lipinski definition) is 1. The van der Waals surface area contributed by atoms with Gasteiger partial charge in [0.2, 0.25) is 0 Å². The second kappa shape index (κ2) is 5.64. The van der Waals surface area contributed by atoms with Crippen LogP contribution >= 0.6 is 0 Å². The molecule has 1 aromatic rings. The van der Waals surface area contributed by atoms with E-state index in [0.29, 0.717) is 5.75 Å². The maximum Gasteiger partial charge on any atom is 0.117 e. The minimum Gasteiger partial charge on any atom is -0.508 e. The summed E-state index contributed by atoms with van der Waals surface area (Å²) in [6.07, 6.45) is 2.27. The number of nitrogens with zero attached hydrogens (tertiary/aromatic N) is 1. The Labute approximate surface area is 92.5 Å². The van der Waals surface area contributed by atoms with E-state index in [1.54, 1.807) is 6.07 Å². The number of aromatic hydroxyl groups is 1. The maximum atomic E-state index is 9.50. The Hall–Kier alpha value is -1.18. The number of aryl methyl sites for hydroxylation is 1. The van der Waals surface area contributed by atoms with Gasteiger partial charge in [-0.1, -0.05) is 19.9 Å². The molecular formula is C13H21NO. The van der Waals surface area contributed by atoms with Crippen molar-refractivity contribution in [2.24, 2.45) is 0 Å². The van der Waals surface area contributed by atoms with Crippen LogP contribution in [0, 0.1) is 6.92 Å². The van der Waals surface area contributed by atoms with E-state index in [2.05, 4.69) is 25.7 Å². The molecule has 15 heavy (non-hydrogen) atoms. The molecule has 1 aromatic carbocycles. The molecule has 0 aliphatic carbocycles. The fourth-order valence-electron chi connectivity index (χ4n) is 1.83. The molecule has 2 heteroatoms. The molecular weight excluding hydrogens is 186 g/mol. The first kappa shape index (κ1) is 11.9. The molecule has 0 fully saturated rings. The first-order chi connectivity index (χ1) is 7.19. The zero-order chi connectivity index (χ0) is 11.3. The van der Waals surface area contributed by atoms with Crippen LogP contribution in [-0.2, 0) is 0 Å². The molecule has 0 saturated heterocycles. The van der Waals surface area contributed by atoms with E-state index in [1.807, 2.05) is 12.1 Å². The zero-order valence-electron chi connectivity index (χ0n) is 9.95. The van der Waals surface area contributed by atoms with Gasteiger partial charge >= 0.3 is 0 Å². The Morgan fingerprint density at radius 1 is 1.13 bits per heavy atom. The van der Waals surface area contributed by atoms with Crippen LogP contribution in [0.5, 0.6) is 5.75 Å². The Balaban J connectivity index is 2.93. The average molecular weight is 207 g/mol. The highest BCUT2D eigenvalue weighted by Gasteiger charge is 2.07. The predicted molar refractivity (Wildman–Crippen MR) is 65.6 cm³/mol. The fourth-order valence-corrected chi connectivity index (χ4v) is 1.83. The molecule has 84 valence electrons. The lowest BCUT2D eigenvalue weighted by Gasteiger charge is -2.25. The van der Waals surface area contributed by atoms with Gasteiger partial charge in [-0.25, -0.2) is 0 Å². The minimum absolute atomic E-state index is 0.354. The zero-order valence-corrected chi connectivity index (χ0v) is 9.95. The van der Waals surface area contributed by atoms with Crippen LogP contribution in [0.15, 0.2) is 18.2 Å². The van der Waals surface area contributed by atoms with Crippen molar-refractivity contribution in [3.8, 4) is 5.75 Å². The Kier molecular flexibility index (Phi) is 4.47. The first-order valence-corrected chi connectivity index (χ1v) is 5.73. The van der Waals surface area contributed by atoms with Crippen LogP contribution in [-0.4, -0.2) is 18.2 Å². The predicted octanol–water partition coefficient (Wildman–Crippen LogP) is 3.33. The van der Waals surface area contributed by atoms with Gasteiger partial charge in [-0.2, -0.15) is 0 Å². The van der Waals surface area contributed by atoms with Gasteiger partial charge in [-0.3, -0.25) is 0 Å². The summed E-state index contributed by atoms with van der Waals surface area (Å²) in [5, 5.41) is 9.50. The van der Waals surface area contributed by atoms with Gasteiger partial charge in [0.15, 0.2) is 0 Å². The van der Waals surface area contributed by atoms with Crippen LogP contribution in [0.25, 0.3) is 0 Å². The highest BCUT2D eigenvalue weighted by Crippen LogP contribution is 2.25. The lowest BCUT2D eigenvalue weighted by atomic mass is 10.1. The van der Waals surface area contributed by atoms with Gasteiger partial charge in [-0.15, -0.1) is 0 Å². The van der Waals surface area contributed by atoms with E-state index in [4.69, 9.17) is 0 Å². The molecule has 0 bridgehead atoms. The third-order valence-corrected chi connectivity index (χ3v) is 2.52. The monoisotopic (exact) mass is 207 g/mol. The Morgan fingerprint density at radius 2 is 1.73 bits per heavy atom. The SMILES string of the molecule is CCCN(CCC)c1cc(O)ccc1C. The molecule has 0 saturated carbocycles. The molecule has 0 amide bonds. The lowest BCUT2D eigenvalue weighted by molar-refractivity contribution is 0.475. The molecule has 0 aliphatic rings. The molecule has 0 aromatic heterocycles. The highest BCUT2D eigenvalue weighted by atomic mass is 16.3. The van der Waals surface area contributed by atoms with Gasteiger partial charge < -0.3 is 10.0 Å². The molecule has 0 aliphatic heterocycles. The topological polar surface area (TPSA) is 23.5 Å². The normalized spacial score (nSPS) is 10.3. The second-order valence-electron chi connectivity index (χ2n) is 3.96. The molecule has 0 radical (unpaired) electrons. The minimum atomic E-state index is 0.354. The van der Waals surface area contributed by atoms with Crippen molar-refractivity contribution in [1.29, 1.82) is 0 Å². The molecule has 1 rings (SSSR count). The third kappa shape index (κ3) is 3.15. The smallest absolute Gasteiger partial charge is 0.117 e. The quantitative estimate of drug-likeness (QED) is 0.800. The first-order valence-electron chi connectivity index (χ1n) is 5.73. The van der Waals surface area contributed by atoms with Crippen LogP contribution in [0.1, 0.15) is 32.3 Å². The van der Waals surface area contributed by atoms with E-state index in [0.717, 1.165) is 25.9 Å². The summed E-state index contributed by atoms with van der Waals surface area (Å²) in [5.41, 5.74) is 2.40. The average Bonchev–Trinajstić information content (AvgIpc) is 2.21. The molecule has 0 heterocycles. The number of phenols is 1. The van der Waals surface area contributed by atoms with Crippen LogP contribution < -0.4 is 4.90 Å². The summed E-state index contributed by atoms with van der Waals surface area (Å²) < 4.78 is 0. The maximum absolute atomic E-state index is 9.50. The summed E-state index contributed by atoms with van der Waals surface area (Å²) >= 11 is 0. The second-order valence-corrected chi connectivity index (χ2v) is 3.96. The van der Waals surface area contributed by atoms with Crippen molar-refractivity contribution in [2.45, 2.75) is 33.6 Å². The van der Waals surface area contributed by atoms with Gasteiger partial charge in [0.05, 0.1) is 0 Å². The van der Waals surface area contributed by atoms with Crippen molar-refractivity contribution in [2.75, 3.05) is 18.0 Å². The molecule has 0 unspecified atom stereocenters. The fraction of sp³-hybridized carbons (Fsp3) is 0.538. The van der Waals surface area contributed by atoms with E-state index in [9.17, 15) is 5.11 Å². The summed E-state index contributed by atoms with van der Waals surface area (Å²) in [6.45, 7) is 8.56. The lowest BCUT2D eigenvalue weighted by Crippen LogP contribution is -2.25. The molecule has 1 N–H and O–H groups in total. The largest absolute Gasteiger partial charge is 0.508 e. The summed E-state index contributed by atoms with van der Waals surface area (Å²) in [4.78, 5) is 2.34. The highest BCUT2D eigenvalue weighted by molar-refractivity contribution is 5.56. The molecule has 0 atom stereocenters. The third-order valence-electron chi connectivity index (χ3n) is 2.52. The van der Waals surface area contributed by atoms with Gasteiger partial charge in [-0.05, 0) is 31.4 Å². The van der Waals surface area contributed by atoms with Crippen molar-refractivity contribution >= 4 is 5.69 Å². The molecule has 0 spiro atoms. The van der Waals surface area contributed by atoms with Crippen molar-refractivity contribution in [1.82, 2.24) is 0 Å². The van der Waals surface area contributed by atoms with Crippen molar-refractivity contribution in [3.05, 3.63) is 23.8 Å². The number of rotatable bonds is 5. The van der Waals surface area contributed by atoms with Crippen molar-refractivity contribution in [3.63, 3.8) is 0 Å². The van der Waals surface area contributed by atoms with Crippen LogP contribution in [0.3, 0.4) is 0 Å². The van der Waals surface area contributed by atoms with Crippen molar-refractivity contribution < 1.29 is 5.11 Å². The van der Waals surface area contributed by atoms with Gasteiger partial charge in [0, 0.05) is 24.8 Å². The summed E-state index contributed by atoms with van der Waals surface area (Å²) in [6, 6.07) is 5.58. The summed E-state index contributed by atoms with van der Waals surface area (Å²) in [7, 11) is 0. The number of benzene rings is 1. The van der Waals surface area contributed by atoms with Crippen LogP contribution in [0.4, 0.5) is 5.69 Å². The van der Waals surface area contributed by atoms with Crippen LogP contribution in [0.2, 0.25) is 0 Å². The number of hydrogen-bond acceptors (Lipinski definition) is 2. The van der Waals surface area contributed by atoms with E-state index in [1.165, 1.54) is 11.3 Å². The molecule has 2 nitrogen and oxygen atoms in total. The van der Waals surface area contributed by atoms with E-state index < -0.39 is 0 Å². The van der Waals surface area contributed by atoms with E-state index >= 15 is 0 Å². The number of anilines is 1. The Morgan fingerprint density at radius 3 is 2.27 bits per heavy atom. The van der Waals surface area contributed by atoms with Gasteiger partial charge in [0.25, 0.3) is 0 Å². The van der Waals surface area contributed by atoms with Gasteiger partial charge in [0.1, 0.15) is 5.75 Å². The van der Waals surface area contributed by atoms with E-state index in [-0.39, 0.29) is 0 Å². The number of phenolic OH excluding ortho intramolecular Hbond substituents is 1.